The number of nitrogens with one attached hydrogen (secondary N) is 1. The number of halogens is 3. The third kappa shape index (κ3) is 2.83. The van der Waals surface area contributed by atoms with Gasteiger partial charge in [-0.25, -0.2) is 4.39 Å². The summed E-state index contributed by atoms with van der Waals surface area (Å²) < 4.78 is 14.0. The molecule has 2 nitrogen and oxygen atoms in total. The van der Waals surface area contributed by atoms with Gasteiger partial charge in [-0.3, -0.25) is 4.79 Å². The summed E-state index contributed by atoms with van der Waals surface area (Å²) in [6.07, 6.45) is 0.821. The molecule has 0 fully saturated rings. The Morgan fingerprint density at radius 1 is 1.19 bits per heavy atom. The van der Waals surface area contributed by atoms with Gasteiger partial charge in [0.1, 0.15) is 5.82 Å². The Hall–Kier alpha value is -1.39. The van der Waals surface area contributed by atoms with Crippen molar-refractivity contribution in [2.75, 3.05) is 6.54 Å². The normalized spacial score (nSPS) is 15.3. The second kappa shape index (κ2) is 5.78. The molecule has 0 bridgehead atoms. The van der Waals surface area contributed by atoms with Crippen molar-refractivity contribution in [3.63, 3.8) is 0 Å². The molecule has 0 radical (unpaired) electrons. The van der Waals surface area contributed by atoms with Gasteiger partial charge in [0, 0.05) is 12.1 Å². The van der Waals surface area contributed by atoms with E-state index in [2.05, 4.69) is 21.2 Å². The first-order valence-corrected chi connectivity index (χ1v) is 7.79. The number of amides is 1. The molecule has 0 spiro atoms. The van der Waals surface area contributed by atoms with Crippen LogP contribution in [0.25, 0.3) is 0 Å². The van der Waals surface area contributed by atoms with Crippen molar-refractivity contribution in [2.45, 2.75) is 11.8 Å². The lowest BCUT2D eigenvalue weighted by Crippen LogP contribution is -2.31. The standard InChI is InChI=1S/C16H12BrClFNO/c17-13-4-3-11(8-14(13)19)15(18)10-2-1-9-5-6-20-16(21)12(9)7-10/h1-4,7-8,15H,5-6H2,(H,20,21). The van der Waals surface area contributed by atoms with Gasteiger partial charge in [0.05, 0.1) is 9.85 Å². The summed E-state index contributed by atoms with van der Waals surface area (Å²) in [6.45, 7) is 0.660. The highest BCUT2D eigenvalue weighted by Crippen LogP contribution is 2.32. The summed E-state index contributed by atoms with van der Waals surface area (Å²) in [5, 5.41) is 2.32. The van der Waals surface area contributed by atoms with Crippen LogP contribution in [-0.2, 0) is 6.42 Å². The van der Waals surface area contributed by atoms with Crippen LogP contribution in [0, 0.1) is 5.82 Å². The van der Waals surface area contributed by atoms with Gasteiger partial charge in [0.15, 0.2) is 0 Å². The first-order valence-electron chi connectivity index (χ1n) is 6.56. The Labute approximate surface area is 135 Å². The minimum Gasteiger partial charge on any atom is -0.352 e. The van der Waals surface area contributed by atoms with Crippen LogP contribution >= 0.6 is 27.5 Å². The molecule has 1 amide bonds. The van der Waals surface area contributed by atoms with E-state index in [9.17, 15) is 9.18 Å². The summed E-state index contributed by atoms with van der Waals surface area (Å²) >= 11 is 9.55. The van der Waals surface area contributed by atoms with Crippen LogP contribution in [0.5, 0.6) is 0 Å². The molecule has 3 rings (SSSR count). The van der Waals surface area contributed by atoms with Crippen LogP contribution in [0.3, 0.4) is 0 Å². The number of fused-ring (bicyclic) bond motifs is 1. The molecular formula is C16H12BrClFNO. The number of hydrogen-bond donors (Lipinski definition) is 1. The van der Waals surface area contributed by atoms with Crippen molar-refractivity contribution < 1.29 is 9.18 Å². The molecule has 1 aliphatic heterocycles. The lowest BCUT2D eigenvalue weighted by Gasteiger charge is -2.19. The van der Waals surface area contributed by atoms with Gasteiger partial charge in [-0.1, -0.05) is 18.2 Å². The maximum atomic E-state index is 13.6. The van der Waals surface area contributed by atoms with E-state index in [0.717, 1.165) is 17.5 Å². The summed E-state index contributed by atoms with van der Waals surface area (Å²) in [5.74, 6) is -0.433. The van der Waals surface area contributed by atoms with E-state index < -0.39 is 5.38 Å². The van der Waals surface area contributed by atoms with Crippen molar-refractivity contribution in [1.29, 1.82) is 0 Å². The Morgan fingerprint density at radius 3 is 2.67 bits per heavy atom. The Kier molecular flexibility index (Phi) is 4.00. The van der Waals surface area contributed by atoms with Crippen LogP contribution in [0.1, 0.15) is 32.4 Å². The molecule has 1 unspecified atom stereocenters. The summed E-state index contributed by atoms with van der Waals surface area (Å²) in [7, 11) is 0. The summed E-state index contributed by atoms with van der Waals surface area (Å²) in [4.78, 5) is 11.9. The van der Waals surface area contributed by atoms with E-state index in [1.54, 1.807) is 18.2 Å². The number of carbonyl (C=O) groups is 1. The van der Waals surface area contributed by atoms with Gasteiger partial charge in [-0.15, -0.1) is 11.6 Å². The molecule has 1 N–H and O–H groups in total. The van der Waals surface area contributed by atoms with Crippen LogP contribution in [0.4, 0.5) is 4.39 Å². The zero-order valence-electron chi connectivity index (χ0n) is 11.0. The lowest BCUT2D eigenvalue weighted by atomic mass is 9.95. The molecule has 5 heteroatoms. The van der Waals surface area contributed by atoms with Crippen molar-refractivity contribution in [3.8, 4) is 0 Å². The first-order chi connectivity index (χ1) is 10.1. The van der Waals surface area contributed by atoms with Crippen LogP contribution in [0.15, 0.2) is 40.9 Å². The van der Waals surface area contributed by atoms with Crippen molar-refractivity contribution >= 4 is 33.4 Å². The van der Waals surface area contributed by atoms with Crippen molar-refractivity contribution in [3.05, 3.63) is 68.9 Å². The Balaban J connectivity index is 1.98. The van der Waals surface area contributed by atoms with Crippen LogP contribution in [0.2, 0.25) is 0 Å². The predicted molar refractivity (Wildman–Crippen MR) is 84.3 cm³/mol. The number of alkyl halides is 1. The minimum atomic E-state index is -0.493. The topological polar surface area (TPSA) is 29.1 Å². The van der Waals surface area contributed by atoms with Gasteiger partial charge in [-0.2, -0.15) is 0 Å². The van der Waals surface area contributed by atoms with E-state index >= 15 is 0 Å². The smallest absolute Gasteiger partial charge is 0.251 e. The average molecular weight is 369 g/mol. The van der Waals surface area contributed by atoms with Crippen LogP contribution < -0.4 is 5.32 Å². The molecular weight excluding hydrogens is 357 g/mol. The molecule has 21 heavy (non-hydrogen) atoms. The van der Waals surface area contributed by atoms with Gasteiger partial charge in [-0.05, 0) is 57.2 Å². The zero-order chi connectivity index (χ0) is 15.0. The molecule has 0 saturated heterocycles. The van der Waals surface area contributed by atoms with E-state index in [-0.39, 0.29) is 11.7 Å². The number of rotatable bonds is 2. The molecule has 1 atom stereocenters. The molecule has 0 saturated carbocycles. The predicted octanol–water partition coefficient (Wildman–Crippen LogP) is 4.20. The third-order valence-electron chi connectivity index (χ3n) is 3.59. The molecule has 108 valence electrons. The summed E-state index contributed by atoms with van der Waals surface area (Å²) in [5.41, 5.74) is 3.12. The van der Waals surface area contributed by atoms with Gasteiger partial charge < -0.3 is 5.32 Å². The maximum absolute atomic E-state index is 13.6. The fraction of sp³-hybridized carbons (Fsp3) is 0.188. The fourth-order valence-corrected chi connectivity index (χ4v) is 2.97. The Morgan fingerprint density at radius 2 is 1.90 bits per heavy atom. The minimum absolute atomic E-state index is 0.0797. The maximum Gasteiger partial charge on any atom is 0.251 e. The highest BCUT2D eigenvalue weighted by Gasteiger charge is 2.20. The van der Waals surface area contributed by atoms with Crippen molar-refractivity contribution in [2.24, 2.45) is 0 Å². The zero-order valence-corrected chi connectivity index (χ0v) is 13.3. The van der Waals surface area contributed by atoms with Gasteiger partial charge in [0.25, 0.3) is 5.91 Å². The fourth-order valence-electron chi connectivity index (χ4n) is 2.45. The molecule has 1 heterocycles. The highest BCUT2D eigenvalue weighted by atomic mass is 79.9. The number of carbonyl (C=O) groups excluding carboxylic acids is 1. The van der Waals surface area contributed by atoms with Gasteiger partial charge in [0.2, 0.25) is 0 Å². The van der Waals surface area contributed by atoms with Crippen LogP contribution in [-0.4, -0.2) is 12.5 Å². The van der Waals surface area contributed by atoms with Gasteiger partial charge >= 0.3 is 0 Å². The first kappa shape index (κ1) is 14.5. The van der Waals surface area contributed by atoms with E-state index in [4.69, 9.17) is 11.6 Å². The molecule has 2 aromatic rings. The second-order valence-electron chi connectivity index (χ2n) is 4.96. The molecule has 1 aliphatic rings. The monoisotopic (exact) mass is 367 g/mol. The largest absolute Gasteiger partial charge is 0.352 e. The molecule has 0 aliphatic carbocycles. The quantitative estimate of drug-likeness (QED) is 0.791. The SMILES string of the molecule is O=C1NCCc2ccc(C(Cl)c3ccc(Br)c(F)c3)cc21. The second-order valence-corrected chi connectivity index (χ2v) is 6.25. The number of benzene rings is 2. The highest BCUT2D eigenvalue weighted by molar-refractivity contribution is 9.10. The number of hydrogen-bond acceptors (Lipinski definition) is 1. The molecule has 2 aromatic carbocycles. The Bertz CT molecular complexity index is 719. The average Bonchev–Trinajstić information content (AvgIpc) is 2.49. The summed E-state index contributed by atoms with van der Waals surface area (Å²) in [6, 6.07) is 10.4. The molecule has 0 aromatic heterocycles. The third-order valence-corrected chi connectivity index (χ3v) is 4.73. The van der Waals surface area contributed by atoms with Crippen molar-refractivity contribution in [1.82, 2.24) is 5.32 Å². The van der Waals surface area contributed by atoms with E-state index in [1.807, 2.05) is 12.1 Å². The van der Waals surface area contributed by atoms with E-state index in [0.29, 0.717) is 22.1 Å². The van der Waals surface area contributed by atoms with E-state index in [1.165, 1.54) is 6.07 Å². The lowest BCUT2D eigenvalue weighted by molar-refractivity contribution is 0.0946.